The highest BCUT2D eigenvalue weighted by atomic mass is 35.5. The third kappa shape index (κ3) is 3.55. The van der Waals surface area contributed by atoms with Crippen molar-refractivity contribution in [3.05, 3.63) is 51.8 Å². The highest BCUT2D eigenvalue weighted by Gasteiger charge is 2.26. The summed E-state index contributed by atoms with van der Waals surface area (Å²) in [5, 5.41) is 3.71. The van der Waals surface area contributed by atoms with Gasteiger partial charge in [-0.1, -0.05) is 23.8 Å². The number of hydrogen-bond donors (Lipinski definition) is 2. The molecule has 1 aromatic heterocycles. The summed E-state index contributed by atoms with van der Waals surface area (Å²) in [4.78, 5) is 17.4. The molecule has 1 aliphatic heterocycles. The monoisotopic (exact) mass is 363 g/mol. The van der Waals surface area contributed by atoms with Crippen LogP contribution >= 0.6 is 23.8 Å². The summed E-state index contributed by atoms with van der Waals surface area (Å²) in [6.45, 7) is 1.52. The number of aromatic amines is 1. The first-order valence-electron chi connectivity index (χ1n) is 7.65. The molecule has 0 aliphatic carbocycles. The number of carbonyl (C=O) groups is 1. The Hall–Kier alpha value is -2.05. The first-order valence-corrected chi connectivity index (χ1v) is 8.44. The minimum Gasteiger partial charge on any atom is -0.495 e. The van der Waals surface area contributed by atoms with Crippen LogP contribution in [0.2, 0.25) is 5.02 Å². The molecule has 0 spiro atoms. The molecule has 1 amide bonds. The lowest BCUT2D eigenvalue weighted by atomic mass is 10.2. The van der Waals surface area contributed by atoms with Crippen molar-refractivity contribution in [3.63, 3.8) is 0 Å². The van der Waals surface area contributed by atoms with Crippen molar-refractivity contribution in [1.82, 2.24) is 10.3 Å². The highest BCUT2D eigenvalue weighted by Crippen LogP contribution is 2.33. The van der Waals surface area contributed by atoms with Gasteiger partial charge in [0.15, 0.2) is 0 Å². The quantitative estimate of drug-likeness (QED) is 0.817. The van der Waals surface area contributed by atoms with Crippen molar-refractivity contribution in [1.29, 1.82) is 0 Å². The molecule has 7 heteroatoms. The number of pyridine rings is 1. The lowest BCUT2D eigenvalue weighted by molar-refractivity contribution is 0.0939. The van der Waals surface area contributed by atoms with E-state index in [0.717, 1.165) is 24.4 Å². The minimum atomic E-state index is -0.151. The zero-order chi connectivity index (χ0) is 17.1. The number of nitrogens with zero attached hydrogens (tertiary/aromatic N) is 1. The van der Waals surface area contributed by atoms with E-state index in [0.29, 0.717) is 21.8 Å². The van der Waals surface area contributed by atoms with Crippen LogP contribution < -0.4 is 15.0 Å². The number of amides is 1. The number of anilines is 1. The van der Waals surface area contributed by atoms with E-state index < -0.39 is 0 Å². The van der Waals surface area contributed by atoms with Gasteiger partial charge in [0, 0.05) is 30.4 Å². The van der Waals surface area contributed by atoms with Gasteiger partial charge in [-0.3, -0.25) is 4.79 Å². The first kappa shape index (κ1) is 16.8. The van der Waals surface area contributed by atoms with E-state index in [9.17, 15) is 4.79 Å². The van der Waals surface area contributed by atoms with E-state index in [4.69, 9.17) is 28.6 Å². The largest absolute Gasteiger partial charge is 0.495 e. The Balaban J connectivity index is 1.70. The molecule has 126 valence electrons. The minimum absolute atomic E-state index is 0.0517. The third-order valence-electron chi connectivity index (χ3n) is 4.07. The average molecular weight is 364 g/mol. The summed E-state index contributed by atoms with van der Waals surface area (Å²) in [6, 6.07) is 9.08. The van der Waals surface area contributed by atoms with Gasteiger partial charge in [0.25, 0.3) is 5.91 Å². The zero-order valence-corrected chi connectivity index (χ0v) is 14.8. The van der Waals surface area contributed by atoms with Crippen LogP contribution in [0.15, 0.2) is 36.5 Å². The number of carbonyl (C=O) groups excluding carboxylic acids is 1. The first-order chi connectivity index (χ1) is 11.6. The van der Waals surface area contributed by atoms with Crippen LogP contribution in [0.1, 0.15) is 16.8 Å². The molecule has 5 nitrogen and oxygen atoms in total. The van der Waals surface area contributed by atoms with Gasteiger partial charge < -0.3 is 19.9 Å². The van der Waals surface area contributed by atoms with Crippen LogP contribution in [0.4, 0.5) is 5.69 Å². The van der Waals surface area contributed by atoms with Gasteiger partial charge in [-0.25, -0.2) is 0 Å². The van der Waals surface area contributed by atoms with Crippen molar-refractivity contribution < 1.29 is 9.53 Å². The number of hydrogen-bond acceptors (Lipinski definition) is 4. The Kier molecular flexibility index (Phi) is 5.06. The molecule has 1 aromatic carbocycles. The summed E-state index contributed by atoms with van der Waals surface area (Å²) < 4.78 is 5.85. The molecule has 3 rings (SSSR count). The molecule has 0 radical (unpaired) electrons. The Morgan fingerprint density at radius 1 is 1.46 bits per heavy atom. The van der Waals surface area contributed by atoms with E-state index >= 15 is 0 Å². The van der Waals surface area contributed by atoms with E-state index in [1.807, 2.05) is 12.1 Å². The number of rotatable bonds is 4. The van der Waals surface area contributed by atoms with Gasteiger partial charge in [0.2, 0.25) is 0 Å². The lowest BCUT2D eigenvalue weighted by Gasteiger charge is -2.21. The molecule has 1 atom stereocenters. The van der Waals surface area contributed by atoms with Crippen molar-refractivity contribution in [2.45, 2.75) is 12.5 Å². The summed E-state index contributed by atoms with van der Waals surface area (Å²) in [5.41, 5.74) is 1.44. The Morgan fingerprint density at radius 2 is 2.29 bits per heavy atom. The van der Waals surface area contributed by atoms with Crippen molar-refractivity contribution in [2.24, 2.45) is 0 Å². The van der Waals surface area contributed by atoms with Gasteiger partial charge >= 0.3 is 0 Å². The fraction of sp³-hybridized carbons (Fsp3) is 0.294. The van der Waals surface area contributed by atoms with Crippen molar-refractivity contribution >= 4 is 35.4 Å². The number of methoxy groups -OCH3 is 1. The van der Waals surface area contributed by atoms with Crippen LogP contribution in [-0.4, -0.2) is 37.1 Å². The molecule has 2 heterocycles. The van der Waals surface area contributed by atoms with E-state index in [-0.39, 0.29) is 11.9 Å². The van der Waals surface area contributed by atoms with Crippen LogP contribution in [-0.2, 0) is 0 Å². The topological polar surface area (TPSA) is 57.4 Å². The second-order valence-corrected chi connectivity index (χ2v) is 6.48. The van der Waals surface area contributed by atoms with E-state index in [1.54, 1.807) is 31.5 Å². The average Bonchev–Trinajstić information content (AvgIpc) is 3.03. The number of aromatic nitrogens is 1. The number of halogens is 1. The molecule has 0 saturated carbocycles. The SMILES string of the molecule is COc1ccc(Cl)cc1N1CC[C@H](NC(=O)c2ccc[nH]c2=S)C1. The molecule has 24 heavy (non-hydrogen) atoms. The van der Waals surface area contributed by atoms with Crippen LogP contribution in [0.5, 0.6) is 5.75 Å². The molecule has 0 bridgehead atoms. The van der Waals surface area contributed by atoms with Gasteiger partial charge in [-0.15, -0.1) is 0 Å². The maximum atomic E-state index is 12.4. The smallest absolute Gasteiger partial charge is 0.254 e. The molecule has 0 unspecified atom stereocenters. The Bertz CT molecular complexity index is 808. The van der Waals surface area contributed by atoms with Gasteiger partial charge in [-0.2, -0.15) is 0 Å². The fourth-order valence-electron chi connectivity index (χ4n) is 2.87. The van der Waals surface area contributed by atoms with Crippen molar-refractivity contribution in [3.8, 4) is 5.75 Å². The molecule has 2 N–H and O–H groups in total. The Labute approximate surface area is 150 Å². The fourth-order valence-corrected chi connectivity index (χ4v) is 3.27. The predicted molar refractivity (Wildman–Crippen MR) is 97.7 cm³/mol. The molecular weight excluding hydrogens is 346 g/mol. The Morgan fingerprint density at radius 3 is 3.04 bits per heavy atom. The number of benzene rings is 1. The van der Waals surface area contributed by atoms with Gasteiger partial charge in [-0.05, 0) is 36.8 Å². The van der Waals surface area contributed by atoms with Crippen LogP contribution in [0.3, 0.4) is 0 Å². The summed E-state index contributed by atoms with van der Waals surface area (Å²) in [7, 11) is 1.64. The zero-order valence-electron chi connectivity index (χ0n) is 13.2. The standard InChI is InChI=1S/C17H18ClN3O2S/c1-23-15-5-4-11(18)9-14(15)21-8-6-12(10-21)20-16(22)13-3-2-7-19-17(13)24/h2-5,7,9,12H,6,8,10H2,1H3,(H,19,24)(H,20,22)/t12-/m0/s1. The number of H-pyrrole nitrogens is 1. The van der Waals surface area contributed by atoms with Crippen molar-refractivity contribution in [2.75, 3.05) is 25.1 Å². The van der Waals surface area contributed by atoms with Crippen LogP contribution in [0, 0.1) is 4.64 Å². The van der Waals surface area contributed by atoms with Gasteiger partial charge in [0.05, 0.1) is 18.4 Å². The highest BCUT2D eigenvalue weighted by molar-refractivity contribution is 7.71. The van der Waals surface area contributed by atoms with E-state index in [1.165, 1.54) is 0 Å². The maximum absolute atomic E-state index is 12.4. The normalized spacial score (nSPS) is 16.9. The molecule has 1 fully saturated rings. The van der Waals surface area contributed by atoms with Gasteiger partial charge in [0.1, 0.15) is 10.4 Å². The second-order valence-electron chi connectivity index (χ2n) is 5.63. The molecule has 1 aliphatic rings. The number of ether oxygens (including phenoxy) is 1. The maximum Gasteiger partial charge on any atom is 0.254 e. The summed E-state index contributed by atoms with van der Waals surface area (Å²) in [5.74, 6) is 0.624. The van der Waals surface area contributed by atoms with E-state index in [2.05, 4.69) is 15.2 Å². The summed E-state index contributed by atoms with van der Waals surface area (Å²) >= 11 is 11.3. The molecule has 1 saturated heterocycles. The predicted octanol–water partition coefficient (Wildman–Crippen LogP) is 3.41. The van der Waals surface area contributed by atoms with Crippen LogP contribution in [0.25, 0.3) is 0 Å². The summed E-state index contributed by atoms with van der Waals surface area (Å²) in [6.07, 6.45) is 2.56. The lowest BCUT2D eigenvalue weighted by Crippen LogP contribution is -2.37. The molecular formula is C17H18ClN3O2S. The number of nitrogens with one attached hydrogen (secondary N) is 2. The third-order valence-corrected chi connectivity index (χ3v) is 4.64. The molecule has 2 aromatic rings. The second kappa shape index (κ2) is 7.23.